The van der Waals surface area contributed by atoms with Gasteiger partial charge in [-0.3, -0.25) is 4.79 Å². The van der Waals surface area contributed by atoms with Crippen molar-refractivity contribution in [2.75, 3.05) is 19.7 Å². The van der Waals surface area contributed by atoms with Crippen LogP contribution in [0.25, 0.3) is 0 Å². The summed E-state index contributed by atoms with van der Waals surface area (Å²) in [5.74, 6) is -0.0980. The van der Waals surface area contributed by atoms with Crippen LogP contribution in [-0.2, 0) is 21.3 Å². The predicted molar refractivity (Wildman–Crippen MR) is 122 cm³/mol. The van der Waals surface area contributed by atoms with Gasteiger partial charge in [0.1, 0.15) is 0 Å². The highest BCUT2D eigenvalue weighted by molar-refractivity contribution is 7.89. The summed E-state index contributed by atoms with van der Waals surface area (Å²) in [4.78, 5) is 16.5. The first-order valence-corrected chi connectivity index (χ1v) is 13.3. The number of hydrogen-bond donors (Lipinski definition) is 0. The molecule has 8 heteroatoms. The Morgan fingerprint density at radius 3 is 2.61 bits per heavy atom. The van der Waals surface area contributed by atoms with E-state index in [-0.39, 0.29) is 22.9 Å². The maximum absolute atomic E-state index is 13.3. The van der Waals surface area contributed by atoms with Gasteiger partial charge in [-0.05, 0) is 68.3 Å². The fraction of sp³-hybridized carbons (Fsp3) is 0.522. The molecule has 6 nitrogen and oxygen atoms in total. The third kappa shape index (κ3) is 5.19. The van der Waals surface area contributed by atoms with Crippen molar-refractivity contribution in [2.24, 2.45) is 0 Å². The van der Waals surface area contributed by atoms with Crippen LogP contribution in [0.2, 0.25) is 0 Å². The zero-order chi connectivity index (χ0) is 21.8. The standard InChI is InChI=1S/C23H30N2O4S2/c1-18-6-2-3-13-25(18)31(27,28)22-11-9-19(10-12-22)23(26)24(16-20-7-4-14-29-20)17-21-8-5-15-30-21/h5,8-12,15,18,20H,2-4,6-7,13-14,16-17H2,1H3. The lowest BCUT2D eigenvalue weighted by molar-refractivity contribution is 0.0509. The number of amides is 1. The molecule has 31 heavy (non-hydrogen) atoms. The molecular weight excluding hydrogens is 432 g/mol. The highest BCUT2D eigenvalue weighted by Gasteiger charge is 2.31. The second-order valence-corrected chi connectivity index (χ2v) is 11.3. The molecule has 0 N–H and O–H groups in total. The number of carbonyl (C=O) groups excluding carboxylic acids is 1. The largest absolute Gasteiger partial charge is 0.376 e. The molecule has 2 aliphatic heterocycles. The molecule has 168 valence electrons. The molecule has 1 aromatic carbocycles. The van der Waals surface area contributed by atoms with Crippen molar-refractivity contribution in [3.05, 3.63) is 52.2 Å². The van der Waals surface area contributed by atoms with E-state index in [9.17, 15) is 13.2 Å². The fourth-order valence-electron chi connectivity index (χ4n) is 4.36. The van der Waals surface area contributed by atoms with E-state index in [0.717, 1.165) is 43.6 Å². The van der Waals surface area contributed by atoms with Crippen LogP contribution in [0.5, 0.6) is 0 Å². The lowest BCUT2D eigenvalue weighted by Gasteiger charge is -2.32. The number of thiophene rings is 1. The molecule has 4 rings (SSSR count). The Hall–Kier alpha value is -1.74. The normalized spacial score (nSPS) is 22.5. The van der Waals surface area contributed by atoms with Crippen molar-refractivity contribution >= 4 is 27.3 Å². The highest BCUT2D eigenvalue weighted by atomic mass is 32.2. The summed E-state index contributed by atoms with van der Waals surface area (Å²) >= 11 is 1.62. The number of nitrogens with zero attached hydrogens (tertiary/aromatic N) is 2. The van der Waals surface area contributed by atoms with E-state index in [1.165, 1.54) is 0 Å². The Balaban J connectivity index is 1.52. The zero-order valence-electron chi connectivity index (χ0n) is 17.9. The summed E-state index contributed by atoms with van der Waals surface area (Å²) in [6.45, 7) is 4.33. The van der Waals surface area contributed by atoms with E-state index in [4.69, 9.17) is 4.74 Å². The second kappa shape index (κ2) is 9.81. The lowest BCUT2D eigenvalue weighted by atomic mass is 10.1. The fourth-order valence-corrected chi connectivity index (χ4v) is 6.78. The summed E-state index contributed by atoms with van der Waals surface area (Å²) in [5, 5.41) is 2.01. The monoisotopic (exact) mass is 462 g/mol. The molecule has 2 atom stereocenters. The third-order valence-corrected chi connectivity index (χ3v) is 9.00. The van der Waals surface area contributed by atoms with Crippen LogP contribution in [0, 0.1) is 0 Å². The highest BCUT2D eigenvalue weighted by Crippen LogP contribution is 2.26. The number of piperidine rings is 1. The van der Waals surface area contributed by atoms with Gasteiger partial charge in [0.15, 0.2) is 0 Å². The van der Waals surface area contributed by atoms with E-state index >= 15 is 0 Å². The van der Waals surface area contributed by atoms with Gasteiger partial charge < -0.3 is 9.64 Å². The minimum Gasteiger partial charge on any atom is -0.376 e. The Morgan fingerprint density at radius 1 is 1.16 bits per heavy atom. The molecule has 2 unspecified atom stereocenters. The van der Waals surface area contributed by atoms with Gasteiger partial charge in [0.05, 0.1) is 17.5 Å². The SMILES string of the molecule is CC1CCCCN1S(=O)(=O)c1ccc(C(=O)N(Cc2cccs2)CC2CCCO2)cc1. The first kappa shape index (κ1) is 22.5. The van der Waals surface area contributed by atoms with Gasteiger partial charge in [0.25, 0.3) is 5.91 Å². The number of ether oxygens (including phenoxy) is 1. The number of sulfonamides is 1. The van der Waals surface area contributed by atoms with E-state index < -0.39 is 10.0 Å². The topological polar surface area (TPSA) is 66.9 Å². The number of benzene rings is 1. The van der Waals surface area contributed by atoms with Gasteiger partial charge in [-0.2, -0.15) is 4.31 Å². The van der Waals surface area contributed by atoms with Crippen LogP contribution in [0.1, 0.15) is 54.3 Å². The smallest absolute Gasteiger partial charge is 0.254 e. The molecule has 2 saturated heterocycles. The van der Waals surface area contributed by atoms with E-state index in [1.54, 1.807) is 39.9 Å². The third-order valence-electron chi connectivity index (χ3n) is 6.11. The van der Waals surface area contributed by atoms with Crippen molar-refractivity contribution in [3.63, 3.8) is 0 Å². The van der Waals surface area contributed by atoms with Gasteiger partial charge in [0.2, 0.25) is 10.0 Å². The predicted octanol–water partition coefficient (Wildman–Crippen LogP) is 4.13. The first-order valence-electron chi connectivity index (χ1n) is 11.0. The van der Waals surface area contributed by atoms with E-state index in [1.807, 2.05) is 29.3 Å². The summed E-state index contributed by atoms with van der Waals surface area (Å²) in [6, 6.07) is 10.4. The molecule has 2 aromatic rings. The number of carbonyl (C=O) groups is 1. The van der Waals surface area contributed by atoms with Crippen LogP contribution >= 0.6 is 11.3 Å². The molecule has 2 aliphatic rings. The van der Waals surface area contributed by atoms with E-state index in [2.05, 4.69) is 0 Å². The minimum absolute atomic E-state index is 0.00718. The summed E-state index contributed by atoms with van der Waals surface area (Å²) in [5.41, 5.74) is 0.500. The van der Waals surface area contributed by atoms with Gasteiger partial charge >= 0.3 is 0 Å². The van der Waals surface area contributed by atoms with Crippen LogP contribution in [0.4, 0.5) is 0 Å². The summed E-state index contributed by atoms with van der Waals surface area (Å²) in [7, 11) is -3.54. The molecule has 3 heterocycles. The maximum atomic E-state index is 13.3. The van der Waals surface area contributed by atoms with Crippen molar-refractivity contribution in [3.8, 4) is 0 Å². The first-order chi connectivity index (χ1) is 14.9. The lowest BCUT2D eigenvalue weighted by Crippen LogP contribution is -2.41. The van der Waals surface area contributed by atoms with Crippen LogP contribution < -0.4 is 0 Å². The molecule has 0 radical (unpaired) electrons. The Bertz CT molecular complexity index is 968. The van der Waals surface area contributed by atoms with Crippen molar-refractivity contribution < 1.29 is 17.9 Å². The Kier molecular flexibility index (Phi) is 7.11. The van der Waals surface area contributed by atoms with Gasteiger partial charge in [-0.15, -0.1) is 11.3 Å². The quantitative estimate of drug-likeness (QED) is 0.620. The summed E-state index contributed by atoms with van der Waals surface area (Å²) < 4.78 is 33.5. The van der Waals surface area contributed by atoms with Crippen molar-refractivity contribution in [1.82, 2.24) is 9.21 Å². The van der Waals surface area contributed by atoms with Crippen LogP contribution in [0.3, 0.4) is 0 Å². The average Bonchev–Trinajstić information content (AvgIpc) is 3.47. The Morgan fingerprint density at radius 2 is 1.97 bits per heavy atom. The molecule has 0 bridgehead atoms. The van der Waals surface area contributed by atoms with Crippen molar-refractivity contribution in [1.29, 1.82) is 0 Å². The van der Waals surface area contributed by atoms with Crippen LogP contribution in [0.15, 0.2) is 46.7 Å². The number of hydrogen-bond acceptors (Lipinski definition) is 5. The molecule has 0 aliphatic carbocycles. The molecule has 0 spiro atoms. The van der Waals surface area contributed by atoms with Crippen LogP contribution in [-0.4, -0.2) is 55.4 Å². The maximum Gasteiger partial charge on any atom is 0.254 e. The Labute approximate surface area is 188 Å². The molecule has 0 saturated carbocycles. The second-order valence-electron chi connectivity index (χ2n) is 8.39. The van der Waals surface area contributed by atoms with Gasteiger partial charge in [-0.1, -0.05) is 12.5 Å². The van der Waals surface area contributed by atoms with Crippen molar-refractivity contribution in [2.45, 2.75) is 62.6 Å². The average molecular weight is 463 g/mol. The summed E-state index contributed by atoms with van der Waals surface area (Å²) in [6.07, 6.45) is 4.87. The molecule has 1 aromatic heterocycles. The van der Waals surface area contributed by atoms with Gasteiger partial charge in [-0.25, -0.2) is 8.42 Å². The molecular formula is C23H30N2O4S2. The number of rotatable bonds is 7. The van der Waals surface area contributed by atoms with Gasteiger partial charge in [0, 0.05) is 36.2 Å². The molecule has 2 fully saturated rings. The zero-order valence-corrected chi connectivity index (χ0v) is 19.5. The van der Waals surface area contributed by atoms with E-state index in [0.29, 0.717) is 25.2 Å². The molecule has 1 amide bonds. The minimum atomic E-state index is -3.54.